The van der Waals surface area contributed by atoms with E-state index in [4.69, 9.17) is 0 Å². The summed E-state index contributed by atoms with van der Waals surface area (Å²) in [6, 6.07) is 14.2. The highest BCUT2D eigenvalue weighted by molar-refractivity contribution is 5.98. The first-order valence-electron chi connectivity index (χ1n) is 5.93. The Bertz CT molecular complexity index is 753. The Hall–Kier alpha value is -3.02. The molecule has 2 aromatic carbocycles. The summed E-state index contributed by atoms with van der Waals surface area (Å²) < 4.78 is 0. The van der Waals surface area contributed by atoms with Crippen molar-refractivity contribution in [3.05, 3.63) is 54.1 Å². The lowest BCUT2D eigenvalue weighted by molar-refractivity contribution is 0.0697. The molecule has 0 unspecified atom stereocenters. The summed E-state index contributed by atoms with van der Waals surface area (Å²) in [5, 5.41) is 23.1. The highest BCUT2D eigenvalue weighted by Crippen LogP contribution is 2.31. The first-order valence-corrected chi connectivity index (χ1v) is 5.93. The monoisotopic (exact) mass is 266 g/mol. The molecule has 0 atom stereocenters. The molecule has 3 aromatic rings. The average Bonchev–Trinajstić information content (AvgIpc) is 3.01. The molecule has 98 valence electrons. The van der Waals surface area contributed by atoms with E-state index in [1.807, 2.05) is 24.3 Å². The second kappa shape index (κ2) is 4.93. The molecule has 0 spiro atoms. The van der Waals surface area contributed by atoms with Crippen LogP contribution in [0.4, 0.5) is 0 Å². The molecular weight excluding hydrogens is 256 g/mol. The minimum atomic E-state index is -0.969. The minimum absolute atomic E-state index is 0.239. The van der Waals surface area contributed by atoms with Crippen LogP contribution in [0.25, 0.3) is 22.5 Å². The van der Waals surface area contributed by atoms with Crippen LogP contribution in [0.2, 0.25) is 0 Å². The molecule has 20 heavy (non-hydrogen) atoms. The fraction of sp³-hybridized carbons (Fsp3) is 0. The number of hydrogen-bond donors (Lipinski definition) is 2. The summed E-state index contributed by atoms with van der Waals surface area (Å²) in [5.74, 6) is -0.538. The van der Waals surface area contributed by atoms with Crippen molar-refractivity contribution < 1.29 is 9.90 Å². The van der Waals surface area contributed by atoms with Gasteiger partial charge in [-0.25, -0.2) is 4.79 Å². The number of nitrogens with zero attached hydrogens (tertiary/aromatic N) is 3. The van der Waals surface area contributed by atoms with Gasteiger partial charge in [0.25, 0.3) is 0 Å². The fourth-order valence-electron chi connectivity index (χ4n) is 2.09. The molecule has 0 radical (unpaired) electrons. The highest BCUT2D eigenvalue weighted by atomic mass is 16.4. The number of aromatic carboxylic acids is 1. The first kappa shape index (κ1) is 12.0. The van der Waals surface area contributed by atoms with Crippen LogP contribution in [0.15, 0.2) is 48.5 Å². The van der Waals surface area contributed by atoms with E-state index < -0.39 is 5.97 Å². The van der Waals surface area contributed by atoms with Crippen LogP contribution in [-0.2, 0) is 0 Å². The molecule has 3 rings (SSSR count). The number of tetrazole rings is 1. The van der Waals surface area contributed by atoms with Gasteiger partial charge in [-0.05, 0) is 22.4 Å². The Labute approximate surface area is 114 Å². The predicted molar refractivity (Wildman–Crippen MR) is 72.0 cm³/mol. The van der Waals surface area contributed by atoms with E-state index in [0.29, 0.717) is 11.4 Å². The van der Waals surface area contributed by atoms with E-state index in [1.165, 1.54) is 0 Å². The third-order valence-electron chi connectivity index (χ3n) is 2.96. The molecule has 0 saturated carbocycles. The van der Waals surface area contributed by atoms with Crippen molar-refractivity contribution in [3.63, 3.8) is 0 Å². The lowest BCUT2D eigenvalue weighted by Gasteiger charge is -2.09. The molecule has 0 amide bonds. The summed E-state index contributed by atoms with van der Waals surface area (Å²) in [6.07, 6.45) is 0. The Morgan fingerprint density at radius 1 is 0.950 bits per heavy atom. The summed E-state index contributed by atoms with van der Waals surface area (Å²) in [7, 11) is 0. The van der Waals surface area contributed by atoms with E-state index in [1.54, 1.807) is 24.3 Å². The number of hydrogen-bond acceptors (Lipinski definition) is 4. The van der Waals surface area contributed by atoms with E-state index in [2.05, 4.69) is 20.6 Å². The molecule has 0 aliphatic heterocycles. The molecule has 0 fully saturated rings. The van der Waals surface area contributed by atoms with E-state index in [0.717, 1.165) is 11.1 Å². The number of carbonyl (C=O) groups is 1. The Morgan fingerprint density at radius 3 is 2.25 bits per heavy atom. The van der Waals surface area contributed by atoms with E-state index in [-0.39, 0.29) is 5.56 Å². The summed E-state index contributed by atoms with van der Waals surface area (Å²) in [4.78, 5) is 11.3. The van der Waals surface area contributed by atoms with Crippen LogP contribution in [0.1, 0.15) is 10.4 Å². The van der Waals surface area contributed by atoms with Crippen molar-refractivity contribution in [2.75, 3.05) is 0 Å². The maximum atomic E-state index is 11.3. The van der Waals surface area contributed by atoms with Crippen LogP contribution in [0, 0.1) is 0 Å². The SMILES string of the molecule is O=C(O)c1ccccc1-c1ccccc1-c1nn[nH]n1. The molecule has 1 aromatic heterocycles. The van der Waals surface area contributed by atoms with Crippen molar-refractivity contribution in [2.45, 2.75) is 0 Å². The summed E-state index contributed by atoms with van der Waals surface area (Å²) in [6.45, 7) is 0. The number of carboxylic acid groups (broad SMARTS) is 1. The van der Waals surface area contributed by atoms with Gasteiger partial charge in [0.15, 0.2) is 0 Å². The zero-order valence-corrected chi connectivity index (χ0v) is 10.3. The normalized spacial score (nSPS) is 10.4. The zero-order valence-electron chi connectivity index (χ0n) is 10.3. The van der Waals surface area contributed by atoms with Crippen LogP contribution < -0.4 is 0 Å². The summed E-state index contributed by atoms with van der Waals surface area (Å²) in [5.41, 5.74) is 2.35. The second-order valence-electron chi connectivity index (χ2n) is 4.13. The molecule has 0 aliphatic carbocycles. The second-order valence-corrected chi connectivity index (χ2v) is 4.13. The average molecular weight is 266 g/mol. The van der Waals surface area contributed by atoms with Crippen LogP contribution >= 0.6 is 0 Å². The topological polar surface area (TPSA) is 91.8 Å². The number of aromatic nitrogens is 4. The van der Waals surface area contributed by atoms with Gasteiger partial charge in [0.2, 0.25) is 5.82 Å². The standard InChI is InChI=1S/C14H10N4O2/c19-14(20)12-8-4-2-6-10(12)9-5-1-3-7-11(9)13-15-17-18-16-13/h1-8H,(H,19,20)(H,15,16,17,18). The van der Waals surface area contributed by atoms with Crippen LogP contribution in [0.3, 0.4) is 0 Å². The van der Waals surface area contributed by atoms with E-state index >= 15 is 0 Å². The van der Waals surface area contributed by atoms with Gasteiger partial charge >= 0.3 is 5.97 Å². The number of rotatable bonds is 3. The number of nitrogens with one attached hydrogen (secondary N) is 1. The van der Waals surface area contributed by atoms with Gasteiger partial charge in [0.1, 0.15) is 0 Å². The number of aromatic amines is 1. The quantitative estimate of drug-likeness (QED) is 0.758. The molecule has 0 aliphatic rings. The minimum Gasteiger partial charge on any atom is -0.478 e. The lowest BCUT2D eigenvalue weighted by atomic mass is 9.95. The lowest BCUT2D eigenvalue weighted by Crippen LogP contribution is -2.00. The zero-order chi connectivity index (χ0) is 13.9. The molecule has 0 saturated heterocycles. The molecule has 1 heterocycles. The van der Waals surface area contributed by atoms with Crippen molar-refractivity contribution in [3.8, 4) is 22.5 Å². The predicted octanol–water partition coefficient (Wildman–Crippen LogP) is 2.23. The van der Waals surface area contributed by atoms with Crippen LogP contribution in [0.5, 0.6) is 0 Å². The number of carboxylic acids is 1. The highest BCUT2D eigenvalue weighted by Gasteiger charge is 2.16. The molecule has 6 heteroatoms. The fourth-order valence-corrected chi connectivity index (χ4v) is 2.09. The molecular formula is C14H10N4O2. The van der Waals surface area contributed by atoms with Gasteiger partial charge in [-0.3, -0.25) is 0 Å². The Morgan fingerprint density at radius 2 is 1.60 bits per heavy atom. The molecule has 6 nitrogen and oxygen atoms in total. The number of H-pyrrole nitrogens is 1. The Balaban J connectivity index is 2.24. The third-order valence-corrected chi connectivity index (χ3v) is 2.96. The maximum absolute atomic E-state index is 11.3. The maximum Gasteiger partial charge on any atom is 0.336 e. The smallest absolute Gasteiger partial charge is 0.336 e. The van der Waals surface area contributed by atoms with Crippen molar-refractivity contribution in [1.82, 2.24) is 20.6 Å². The molecule has 2 N–H and O–H groups in total. The van der Waals surface area contributed by atoms with Crippen molar-refractivity contribution in [1.29, 1.82) is 0 Å². The van der Waals surface area contributed by atoms with Crippen molar-refractivity contribution in [2.24, 2.45) is 0 Å². The molecule has 0 bridgehead atoms. The summed E-state index contributed by atoms with van der Waals surface area (Å²) >= 11 is 0. The van der Waals surface area contributed by atoms with Crippen molar-refractivity contribution >= 4 is 5.97 Å². The third kappa shape index (κ3) is 2.03. The van der Waals surface area contributed by atoms with Gasteiger partial charge in [-0.15, -0.1) is 10.2 Å². The Kier molecular flexibility index (Phi) is 2.96. The van der Waals surface area contributed by atoms with Crippen LogP contribution in [-0.4, -0.2) is 31.7 Å². The largest absolute Gasteiger partial charge is 0.478 e. The van der Waals surface area contributed by atoms with Gasteiger partial charge in [0, 0.05) is 5.56 Å². The van der Waals surface area contributed by atoms with Gasteiger partial charge in [-0.1, -0.05) is 42.5 Å². The van der Waals surface area contributed by atoms with E-state index in [9.17, 15) is 9.90 Å². The van der Waals surface area contributed by atoms with Gasteiger partial charge in [0.05, 0.1) is 5.56 Å². The first-order chi connectivity index (χ1) is 9.77. The number of benzene rings is 2. The van der Waals surface area contributed by atoms with Gasteiger partial charge < -0.3 is 5.11 Å². The van der Waals surface area contributed by atoms with Gasteiger partial charge in [-0.2, -0.15) is 5.21 Å².